The minimum absolute atomic E-state index is 0.0418. The highest BCUT2D eigenvalue weighted by Crippen LogP contribution is 2.29. The first-order valence-corrected chi connectivity index (χ1v) is 10.4. The van der Waals surface area contributed by atoms with E-state index in [4.69, 9.17) is 9.26 Å². The number of halogens is 3. The third kappa shape index (κ3) is 3.60. The molecule has 0 spiro atoms. The van der Waals surface area contributed by atoms with E-state index >= 15 is 0 Å². The van der Waals surface area contributed by atoms with Gasteiger partial charge in [-0.25, -0.2) is 8.42 Å². The van der Waals surface area contributed by atoms with Crippen LogP contribution < -0.4 is 4.74 Å². The van der Waals surface area contributed by atoms with Gasteiger partial charge in [-0.1, -0.05) is 5.16 Å². The molecule has 3 aromatic rings. The molecule has 0 bridgehead atoms. The fourth-order valence-corrected chi connectivity index (χ4v) is 5.17. The second-order valence-electron chi connectivity index (χ2n) is 6.94. The van der Waals surface area contributed by atoms with Gasteiger partial charge in [-0.3, -0.25) is 0 Å². The van der Waals surface area contributed by atoms with Crippen LogP contribution in [0, 0.1) is 19.8 Å². The van der Waals surface area contributed by atoms with E-state index < -0.39 is 22.0 Å². The van der Waals surface area contributed by atoms with E-state index in [-0.39, 0.29) is 47.8 Å². The second kappa shape index (κ2) is 7.19. The van der Waals surface area contributed by atoms with Gasteiger partial charge in [0.2, 0.25) is 15.9 Å². The number of hydrogen-bond acceptors (Lipinski definition) is 8. The lowest BCUT2D eigenvalue weighted by molar-refractivity contribution is -0.146. The Balaban J connectivity index is 1.45. The van der Waals surface area contributed by atoms with E-state index in [0.29, 0.717) is 16.6 Å². The monoisotopic (exact) mass is 446 g/mol. The number of sulfonamides is 1. The van der Waals surface area contributed by atoms with Crippen molar-refractivity contribution >= 4 is 15.7 Å². The lowest BCUT2D eigenvalue weighted by Crippen LogP contribution is -2.30. The topological polar surface area (TPSA) is 116 Å². The molecule has 30 heavy (non-hydrogen) atoms. The molecule has 4 rings (SSSR count). The molecule has 0 aromatic carbocycles. The molecule has 1 atom stereocenters. The van der Waals surface area contributed by atoms with Gasteiger partial charge in [-0.2, -0.15) is 22.0 Å². The summed E-state index contributed by atoms with van der Waals surface area (Å²) in [6.07, 6.45) is -4.17. The van der Waals surface area contributed by atoms with Gasteiger partial charge in [-0.05, 0) is 26.3 Å². The standard InChI is InChI=1S/C16H17F3N6O4S/c1-9-14(10(2)29-23-9)30(26,27)24-6-5-11(7-24)8-28-13-4-3-12-20-21-15(16(17,18)19)25(12)22-13/h3-4,11H,5-8H2,1-2H3. The molecule has 0 saturated carbocycles. The van der Waals surface area contributed by atoms with Crippen molar-refractivity contribution in [3.8, 4) is 5.88 Å². The fourth-order valence-electron chi connectivity index (χ4n) is 3.35. The van der Waals surface area contributed by atoms with Crippen LogP contribution in [0.5, 0.6) is 5.88 Å². The smallest absolute Gasteiger partial charge is 0.453 e. The van der Waals surface area contributed by atoms with Gasteiger partial charge < -0.3 is 9.26 Å². The Morgan fingerprint density at radius 3 is 2.70 bits per heavy atom. The summed E-state index contributed by atoms with van der Waals surface area (Å²) in [5, 5.41) is 14.0. The van der Waals surface area contributed by atoms with Crippen molar-refractivity contribution in [3.05, 3.63) is 29.4 Å². The largest absolute Gasteiger partial charge is 0.476 e. The van der Waals surface area contributed by atoms with Crippen molar-refractivity contribution < 1.29 is 30.8 Å². The van der Waals surface area contributed by atoms with Crippen LogP contribution in [0.3, 0.4) is 0 Å². The van der Waals surface area contributed by atoms with Crippen molar-refractivity contribution in [2.75, 3.05) is 19.7 Å². The summed E-state index contributed by atoms with van der Waals surface area (Å²) in [7, 11) is -3.76. The third-order valence-corrected chi connectivity index (χ3v) is 6.88. The minimum atomic E-state index is -4.70. The predicted octanol–water partition coefficient (Wildman–Crippen LogP) is 1.84. The van der Waals surface area contributed by atoms with Gasteiger partial charge in [-0.15, -0.1) is 15.3 Å². The molecule has 1 aliphatic rings. The molecular weight excluding hydrogens is 429 g/mol. The van der Waals surface area contributed by atoms with Crippen molar-refractivity contribution in [3.63, 3.8) is 0 Å². The number of alkyl halides is 3. The average Bonchev–Trinajstić information content (AvgIpc) is 3.37. The predicted molar refractivity (Wildman–Crippen MR) is 94.1 cm³/mol. The highest BCUT2D eigenvalue weighted by molar-refractivity contribution is 7.89. The van der Waals surface area contributed by atoms with E-state index in [9.17, 15) is 21.6 Å². The first-order chi connectivity index (χ1) is 14.1. The van der Waals surface area contributed by atoms with Crippen LogP contribution in [0.15, 0.2) is 21.6 Å². The van der Waals surface area contributed by atoms with E-state index in [0.717, 1.165) is 0 Å². The maximum Gasteiger partial charge on any atom is 0.453 e. The van der Waals surface area contributed by atoms with Gasteiger partial charge in [0.05, 0.1) is 6.61 Å². The number of ether oxygens (including phenoxy) is 1. The summed E-state index contributed by atoms with van der Waals surface area (Å²) in [6.45, 7) is 3.68. The maximum absolute atomic E-state index is 13.0. The normalized spacial score (nSPS) is 18.4. The Kier molecular flexibility index (Phi) is 4.92. The molecular formula is C16H17F3N6O4S. The van der Waals surface area contributed by atoms with E-state index in [2.05, 4.69) is 20.5 Å². The van der Waals surface area contributed by atoms with Gasteiger partial charge in [0.1, 0.15) is 10.6 Å². The Hall–Kier alpha value is -2.74. The fraction of sp³-hybridized carbons (Fsp3) is 0.500. The first-order valence-electron chi connectivity index (χ1n) is 8.93. The summed E-state index contributed by atoms with van der Waals surface area (Å²) >= 11 is 0. The zero-order valence-electron chi connectivity index (χ0n) is 15.9. The lowest BCUT2D eigenvalue weighted by Gasteiger charge is -2.16. The minimum Gasteiger partial charge on any atom is -0.476 e. The molecule has 162 valence electrons. The van der Waals surface area contributed by atoms with E-state index in [1.54, 1.807) is 6.92 Å². The lowest BCUT2D eigenvalue weighted by atomic mass is 10.1. The van der Waals surface area contributed by atoms with Gasteiger partial charge in [0.25, 0.3) is 5.82 Å². The molecule has 1 saturated heterocycles. The molecule has 1 fully saturated rings. The molecule has 4 heterocycles. The van der Waals surface area contributed by atoms with Crippen LogP contribution in [0.2, 0.25) is 0 Å². The highest BCUT2D eigenvalue weighted by atomic mass is 32.2. The number of aromatic nitrogens is 5. The van der Waals surface area contributed by atoms with Crippen LogP contribution in [0.1, 0.15) is 23.7 Å². The van der Waals surface area contributed by atoms with Crippen molar-refractivity contribution in [1.29, 1.82) is 0 Å². The van der Waals surface area contributed by atoms with E-state index in [1.807, 2.05) is 0 Å². The first kappa shape index (κ1) is 20.5. The number of fused-ring (bicyclic) bond motifs is 1. The molecule has 1 unspecified atom stereocenters. The molecule has 14 heteroatoms. The van der Waals surface area contributed by atoms with Crippen molar-refractivity contribution in [1.82, 2.24) is 29.3 Å². The second-order valence-corrected chi connectivity index (χ2v) is 8.82. The van der Waals surface area contributed by atoms with Crippen LogP contribution in [-0.4, -0.2) is 57.4 Å². The van der Waals surface area contributed by atoms with Crippen molar-refractivity contribution in [2.24, 2.45) is 5.92 Å². The van der Waals surface area contributed by atoms with Gasteiger partial charge in [0, 0.05) is 25.1 Å². The van der Waals surface area contributed by atoms with Gasteiger partial charge >= 0.3 is 6.18 Å². The summed E-state index contributed by atoms with van der Waals surface area (Å²) < 4.78 is 77.0. The molecule has 3 aromatic heterocycles. The Labute approximate surface area is 168 Å². The third-order valence-electron chi connectivity index (χ3n) is 4.77. The van der Waals surface area contributed by atoms with Crippen molar-refractivity contribution in [2.45, 2.75) is 31.3 Å². The Bertz CT molecular complexity index is 1170. The molecule has 0 amide bonds. The molecule has 0 radical (unpaired) electrons. The quantitative estimate of drug-likeness (QED) is 0.583. The summed E-state index contributed by atoms with van der Waals surface area (Å²) in [4.78, 5) is 0.0588. The zero-order valence-corrected chi connectivity index (χ0v) is 16.7. The summed E-state index contributed by atoms with van der Waals surface area (Å²) in [5.74, 6) is -1.22. The van der Waals surface area contributed by atoms with Gasteiger partial charge in [0.15, 0.2) is 11.4 Å². The Morgan fingerprint density at radius 1 is 1.27 bits per heavy atom. The number of aryl methyl sites for hydroxylation is 2. The van der Waals surface area contributed by atoms with Crippen LogP contribution in [0.25, 0.3) is 5.65 Å². The molecule has 10 nitrogen and oxygen atoms in total. The average molecular weight is 446 g/mol. The molecule has 0 N–H and O–H groups in total. The van der Waals surface area contributed by atoms with Crippen LogP contribution in [-0.2, 0) is 16.2 Å². The van der Waals surface area contributed by atoms with Crippen LogP contribution in [0.4, 0.5) is 13.2 Å². The summed E-state index contributed by atoms with van der Waals surface area (Å²) in [5.41, 5.74) is 0.228. The highest BCUT2D eigenvalue weighted by Gasteiger charge is 2.38. The number of rotatable bonds is 5. The van der Waals surface area contributed by atoms with Crippen LogP contribution >= 0.6 is 0 Å². The van der Waals surface area contributed by atoms with E-state index in [1.165, 1.54) is 23.4 Å². The maximum atomic E-state index is 13.0. The SMILES string of the molecule is Cc1noc(C)c1S(=O)(=O)N1CCC(COc2ccc3nnc(C(F)(F)F)n3n2)C1. The zero-order chi connectivity index (χ0) is 21.7. The molecule has 1 aliphatic heterocycles. The summed E-state index contributed by atoms with van der Waals surface area (Å²) in [6, 6.07) is 2.70. The Morgan fingerprint density at radius 2 is 2.03 bits per heavy atom. The number of nitrogens with zero attached hydrogens (tertiary/aromatic N) is 6. The molecule has 0 aliphatic carbocycles. The number of hydrogen-bond donors (Lipinski definition) is 0.